The minimum atomic E-state index is -2.64. The summed E-state index contributed by atoms with van der Waals surface area (Å²) in [5, 5.41) is 2.50. The van der Waals surface area contributed by atoms with E-state index in [1.807, 2.05) is 20.8 Å². The van der Waals surface area contributed by atoms with E-state index in [-0.39, 0.29) is 0 Å². The molecule has 3 N–H and O–H groups in total. The second-order valence-electron chi connectivity index (χ2n) is 3.15. The van der Waals surface area contributed by atoms with Crippen LogP contribution in [0.25, 0.3) is 0 Å². The fourth-order valence-corrected chi connectivity index (χ4v) is 1.95. The zero-order valence-corrected chi connectivity index (χ0v) is 11.6. The number of unbranched alkanes of at least 4 members (excludes halogenated alkanes) is 1. The molecule has 0 unspecified atom stereocenters. The smallest absolute Gasteiger partial charge is 0.207 e. The van der Waals surface area contributed by atoms with Crippen molar-refractivity contribution in [2.45, 2.75) is 33.6 Å². The highest BCUT2D eigenvalue weighted by molar-refractivity contribution is 8.21. The lowest BCUT2D eigenvalue weighted by Crippen LogP contribution is -2.34. The predicted octanol–water partition coefficient (Wildman–Crippen LogP) is 2.16. The fraction of sp³-hybridized carbons (Fsp3) is 0.900. The van der Waals surface area contributed by atoms with Crippen LogP contribution in [0.15, 0.2) is 0 Å². The molecule has 0 aromatic carbocycles. The Kier molecular flexibility index (Phi) is 12.6. The third-order valence-electron chi connectivity index (χ3n) is 1.84. The molecule has 0 bridgehead atoms. The molecule has 0 fully saturated rings. The van der Waals surface area contributed by atoms with Gasteiger partial charge in [0.1, 0.15) is 0 Å². The Morgan fingerprint density at radius 1 is 1.31 bits per heavy atom. The molecule has 1 amide bonds. The van der Waals surface area contributed by atoms with E-state index in [0.29, 0.717) is 26.0 Å². The molecule has 0 aromatic heterocycles. The van der Waals surface area contributed by atoms with Crippen LogP contribution in [-0.4, -0.2) is 45.7 Å². The van der Waals surface area contributed by atoms with Gasteiger partial charge in [0, 0.05) is 25.9 Å². The minimum absolute atomic E-state index is 0.441. The lowest BCUT2D eigenvalue weighted by atomic mass is 10.3. The van der Waals surface area contributed by atoms with Gasteiger partial charge in [-0.1, -0.05) is 27.2 Å². The predicted molar refractivity (Wildman–Crippen MR) is 70.7 cm³/mol. The maximum absolute atomic E-state index is 10.0. The molecule has 16 heavy (non-hydrogen) atoms. The van der Waals surface area contributed by atoms with Crippen LogP contribution in [0.1, 0.15) is 33.6 Å². The maximum Gasteiger partial charge on any atom is 0.207 e. The summed E-state index contributed by atoms with van der Waals surface area (Å²) in [4.78, 5) is 10.0. The monoisotopic (exact) mass is 254 g/mol. The summed E-state index contributed by atoms with van der Waals surface area (Å²) in [5.74, 6) is 0. The first-order chi connectivity index (χ1) is 7.52. The second kappa shape index (κ2) is 11.2. The molecule has 100 valence electrons. The molecule has 0 aromatic rings. The van der Waals surface area contributed by atoms with Crippen LogP contribution >= 0.6 is 10.8 Å². The first kappa shape index (κ1) is 18.1. The van der Waals surface area contributed by atoms with E-state index in [9.17, 15) is 13.9 Å². The lowest BCUT2D eigenvalue weighted by molar-refractivity contribution is -0.109. The number of hydrogen-bond acceptors (Lipinski definition) is 4. The van der Waals surface area contributed by atoms with Crippen molar-refractivity contribution in [3.05, 3.63) is 0 Å². The Balaban J connectivity index is 0. The van der Waals surface area contributed by atoms with Crippen molar-refractivity contribution in [3.63, 3.8) is 0 Å². The van der Waals surface area contributed by atoms with E-state index in [4.69, 9.17) is 0 Å². The van der Waals surface area contributed by atoms with Gasteiger partial charge in [-0.25, -0.2) is 4.31 Å². The van der Waals surface area contributed by atoms with Gasteiger partial charge >= 0.3 is 0 Å². The normalized spacial score (nSPS) is 11.7. The van der Waals surface area contributed by atoms with Crippen LogP contribution in [-0.2, 0) is 4.79 Å². The van der Waals surface area contributed by atoms with Crippen molar-refractivity contribution >= 4 is 17.2 Å². The van der Waals surface area contributed by atoms with Gasteiger partial charge in [0.15, 0.2) is 0 Å². The van der Waals surface area contributed by atoms with Gasteiger partial charge in [-0.05, 0) is 6.42 Å². The number of amides is 1. The van der Waals surface area contributed by atoms with Crippen molar-refractivity contribution in [1.29, 1.82) is 0 Å². The minimum Gasteiger partial charge on any atom is -0.357 e. The number of nitrogens with one attached hydrogen (secondary N) is 1. The Bertz CT molecular complexity index is 163. The average molecular weight is 254 g/mol. The van der Waals surface area contributed by atoms with Crippen LogP contribution in [0.5, 0.6) is 0 Å². The van der Waals surface area contributed by atoms with E-state index in [0.717, 1.165) is 12.8 Å². The van der Waals surface area contributed by atoms with Gasteiger partial charge in [0.05, 0.1) is 0 Å². The third-order valence-corrected chi connectivity index (χ3v) is 3.18. The van der Waals surface area contributed by atoms with Gasteiger partial charge < -0.3 is 5.32 Å². The first-order valence-electron chi connectivity index (χ1n) is 5.67. The molecule has 0 aliphatic heterocycles. The lowest BCUT2D eigenvalue weighted by Gasteiger charge is -2.39. The van der Waals surface area contributed by atoms with Crippen LogP contribution in [0.4, 0.5) is 0 Å². The van der Waals surface area contributed by atoms with Crippen LogP contribution in [0.3, 0.4) is 0 Å². The van der Waals surface area contributed by atoms with Crippen molar-refractivity contribution in [2.24, 2.45) is 0 Å². The van der Waals surface area contributed by atoms with Crippen molar-refractivity contribution in [3.8, 4) is 0 Å². The molecular formula is C10H26N2O3S. The van der Waals surface area contributed by atoms with Crippen molar-refractivity contribution < 1.29 is 13.9 Å². The summed E-state index contributed by atoms with van der Waals surface area (Å²) in [6, 6.07) is 0. The van der Waals surface area contributed by atoms with Gasteiger partial charge in [0.25, 0.3) is 0 Å². The molecule has 0 atom stereocenters. The van der Waals surface area contributed by atoms with E-state index in [1.54, 1.807) is 4.31 Å². The number of rotatable bonds is 8. The van der Waals surface area contributed by atoms with Gasteiger partial charge in [0.2, 0.25) is 6.41 Å². The highest BCUT2D eigenvalue weighted by atomic mass is 32.3. The maximum atomic E-state index is 10.0. The number of carbonyl (C=O) groups excluding carboxylic acids is 1. The van der Waals surface area contributed by atoms with Crippen LogP contribution < -0.4 is 5.32 Å². The standard InChI is InChI=1S/C8H20N2O3S.C2H6/c1-3-4-6-10(14(2,12)13)7-5-9-8-11;1-2/h8,12-13H,3-7H2,1-2H3,(H,9,11);1-2H3. The summed E-state index contributed by atoms with van der Waals surface area (Å²) >= 11 is 0. The average Bonchev–Trinajstić information content (AvgIpc) is 2.24. The molecule has 0 aliphatic rings. The quantitative estimate of drug-likeness (QED) is 0.458. The van der Waals surface area contributed by atoms with Crippen LogP contribution in [0, 0.1) is 0 Å². The van der Waals surface area contributed by atoms with Gasteiger partial charge in [-0.2, -0.15) is 0 Å². The Morgan fingerprint density at radius 3 is 2.25 bits per heavy atom. The topological polar surface area (TPSA) is 72.8 Å². The van der Waals surface area contributed by atoms with Gasteiger partial charge in [-0.3, -0.25) is 13.9 Å². The van der Waals surface area contributed by atoms with E-state index in [1.165, 1.54) is 6.26 Å². The number of nitrogens with zero attached hydrogens (tertiary/aromatic N) is 1. The van der Waals surface area contributed by atoms with Crippen molar-refractivity contribution in [2.75, 3.05) is 25.9 Å². The Labute approximate surface area is 101 Å². The summed E-state index contributed by atoms with van der Waals surface area (Å²) in [6.07, 6.45) is 3.95. The summed E-state index contributed by atoms with van der Waals surface area (Å²) in [5.41, 5.74) is 0. The highest BCUT2D eigenvalue weighted by Crippen LogP contribution is 2.38. The fourth-order valence-electron chi connectivity index (χ4n) is 1.04. The molecule has 0 aliphatic carbocycles. The molecule has 0 rings (SSSR count). The summed E-state index contributed by atoms with van der Waals surface area (Å²) in [7, 11) is -2.64. The molecule has 0 radical (unpaired) electrons. The Morgan fingerprint density at radius 2 is 1.88 bits per heavy atom. The molecule has 0 spiro atoms. The number of carbonyl (C=O) groups is 1. The van der Waals surface area contributed by atoms with Crippen molar-refractivity contribution in [1.82, 2.24) is 9.62 Å². The summed E-state index contributed by atoms with van der Waals surface area (Å²) < 4.78 is 20.5. The largest absolute Gasteiger partial charge is 0.357 e. The highest BCUT2D eigenvalue weighted by Gasteiger charge is 2.15. The third kappa shape index (κ3) is 10.2. The SMILES string of the molecule is CC.CCCCN(CCNC=O)S(C)(O)O. The molecule has 5 nitrogen and oxygen atoms in total. The van der Waals surface area contributed by atoms with E-state index in [2.05, 4.69) is 5.32 Å². The van der Waals surface area contributed by atoms with Crippen LogP contribution in [0.2, 0.25) is 0 Å². The first-order valence-corrected chi connectivity index (χ1v) is 7.59. The zero-order chi connectivity index (χ0) is 13.0. The molecule has 0 heterocycles. The zero-order valence-electron chi connectivity index (χ0n) is 10.8. The van der Waals surface area contributed by atoms with Gasteiger partial charge in [-0.15, -0.1) is 10.8 Å². The van der Waals surface area contributed by atoms with E-state index < -0.39 is 10.8 Å². The molecule has 6 heteroatoms. The summed E-state index contributed by atoms with van der Waals surface area (Å²) in [6.45, 7) is 7.60. The second-order valence-corrected chi connectivity index (χ2v) is 5.25. The molecule has 0 saturated heterocycles. The van der Waals surface area contributed by atoms with E-state index >= 15 is 0 Å². The molecule has 0 saturated carbocycles. The number of hydrogen-bond donors (Lipinski definition) is 3. The molecular weight excluding hydrogens is 228 g/mol. The Hall–Kier alpha value is -0.300.